The van der Waals surface area contributed by atoms with E-state index < -0.39 is 0 Å². The molecule has 106 valence electrons. The van der Waals surface area contributed by atoms with Crippen LogP contribution < -0.4 is 0 Å². The average molecular weight is 272 g/mol. The lowest BCUT2D eigenvalue weighted by atomic mass is 10.1. The quantitative estimate of drug-likeness (QED) is 0.842. The second-order valence-corrected chi connectivity index (χ2v) is 5.28. The molecule has 20 heavy (non-hydrogen) atoms. The van der Waals surface area contributed by atoms with Gasteiger partial charge in [-0.3, -0.25) is 4.79 Å². The largest absolute Gasteiger partial charge is 0.375 e. The maximum absolute atomic E-state index is 12.7. The van der Waals surface area contributed by atoms with Gasteiger partial charge in [0.05, 0.1) is 18.3 Å². The number of aromatic nitrogens is 1. The predicted molar refractivity (Wildman–Crippen MR) is 78.9 cm³/mol. The third kappa shape index (κ3) is 2.20. The molecule has 0 N–H and O–H groups in total. The summed E-state index contributed by atoms with van der Waals surface area (Å²) < 4.78 is 7.64. The molecule has 0 spiro atoms. The molecule has 2 heterocycles. The van der Waals surface area contributed by atoms with Gasteiger partial charge in [-0.15, -0.1) is 0 Å². The number of morpholine rings is 1. The van der Waals surface area contributed by atoms with Gasteiger partial charge in [-0.2, -0.15) is 0 Å². The molecule has 1 aromatic carbocycles. The molecule has 1 aromatic heterocycles. The van der Waals surface area contributed by atoms with Gasteiger partial charge < -0.3 is 14.2 Å². The molecule has 1 unspecified atom stereocenters. The number of hydrogen-bond acceptors (Lipinski definition) is 2. The zero-order chi connectivity index (χ0) is 14.1. The van der Waals surface area contributed by atoms with Crippen LogP contribution >= 0.6 is 0 Å². The van der Waals surface area contributed by atoms with Crippen LogP contribution in [-0.4, -0.2) is 41.2 Å². The van der Waals surface area contributed by atoms with Gasteiger partial charge in [0.25, 0.3) is 5.91 Å². The van der Waals surface area contributed by atoms with E-state index in [0.29, 0.717) is 19.7 Å². The highest BCUT2D eigenvalue weighted by Gasteiger charge is 2.24. The Labute approximate surface area is 118 Å². The number of benzene rings is 1. The number of aryl methyl sites for hydroxylation is 1. The van der Waals surface area contributed by atoms with Gasteiger partial charge in [-0.1, -0.05) is 18.2 Å². The van der Waals surface area contributed by atoms with E-state index in [1.165, 1.54) is 0 Å². The third-order valence-corrected chi connectivity index (χ3v) is 3.89. The van der Waals surface area contributed by atoms with E-state index in [2.05, 4.69) is 17.6 Å². The number of carbonyl (C=O) groups is 1. The lowest BCUT2D eigenvalue weighted by molar-refractivity contribution is -0.0123. The Hall–Kier alpha value is -1.81. The highest BCUT2D eigenvalue weighted by molar-refractivity contribution is 6.07. The van der Waals surface area contributed by atoms with Crippen LogP contribution in [0.1, 0.15) is 24.2 Å². The molecule has 1 aliphatic rings. The molecule has 1 aliphatic heterocycles. The van der Waals surface area contributed by atoms with Gasteiger partial charge >= 0.3 is 0 Å². The zero-order valence-electron chi connectivity index (χ0n) is 12.0. The number of nitrogens with zero attached hydrogens (tertiary/aromatic N) is 2. The fourth-order valence-electron chi connectivity index (χ4n) is 2.85. The SMILES string of the molecule is CCn1cc(C(=O)N2CCOC(C)C2)c2ccccc21. The van der Waals surface area contributed by atoms with Crippen LogP contribution in [0, 0.1) is 0 Å². The molecule has 0 saturated carbocycles. The molecule has 0 bridgehead atoms. The Balaban J connectivity index is 1.99. The molecule has 3 rings (SSSR count). The monoisotopic (exact) mass is 272 g/mol. The van der Waals surface area contributed by atoms with Crippen LogP contribution in [0.2, 0.25) is 0 Å². The summed E-state index contributed by atoms with van der Waals surface area (Å²) in [6.45, 7) is 6.94. The second-order valence-electron chi connectivity index (χ2n) is 5.28. The number of rotatable bonds is 2. The highest BCUT2D eigenvalue weighted by Crippen LogP contribution is 2.23. The van der Waals surface area contributed by atoms with Gasteiger partial charge in [0.2, 0.25) is 0 Å². The maximum Gasteiger partial charge on any atom is 0.256 e. The van der Waals surface area contributed by atoms with E-state index in [1.807, 2.05) is 36.2 Å². The van der Waals surface area contributed by atoms with E-state index in [9.17, 15) is 4.79 Å². The molecule has 1 amide bonds. The van der Waals surface area contributed by atoms with Crippen molar-refractivity contribution in [2.45, 2.75) is 26.5 Å². The van der Waals surface area contributed by atoms with E-state index in [0.717, 1.165) is 23.0 Å². The first-order chi connectivity index (χ1) is 9.70. The molecular weight excluding hydrogens is 252 g/mol. The van der Waals surface area contributed by atoms with E-state index in [4.69, 9.17) is 4.74 Å². The predicted octanol–water partition coefficient (Wildman–Crippen LogP) is 2.52. The van der Waals surface area contributed by atoms with Crippen molar-refractivity contribution in [3.63, 3.8) is 0 Å². The van der Waals surface area contributed by atoms with E-state index in [1.54, 1.807) is 0 Å². The molecule has 4 nitrogen and oxygen atoms in total. The Morgan fingerprint density at radius 2 is 2.20 bits per heavy atom. The molecular formula is C16H20N2O2. The molecule has 1 fully saturated rings. The minimum absolute atomic E-state index is 0.114. The first-order valence-electron chi connectivity index (χ1n) is 7.19. The minimum atomic E-state index is 0.114. The molecule has 2 aromatic rings. The molecule has 0 radical (unpaired) electrons. The first-order valence-corrected chi connectivity index (χ1v) is 7.19. The van der Waals surface area contributed by atoms with Crippen molar-refractivity contribution in [3.8, 4) is 0 Å². The minimum Gasteiger partial charge on any atom is -0.375 e. The van der Waals surface area contributed by atoms with Crippen LogP contribution in [0.4, 0.5) is 0 Å². The highest BCUT2D eigenvalue weighted by atomic mass is 16.5. The summed E-state index contributed by atoms with van der Waals surface area (Å²) in [6, 6.07) is 8.09. The number of hydrogen-bond donors (Lipinski definition) is 0. The Morgan fingerprint density at radius 1 is 1.40 bits per heavy atom. The Bertz CT molecular complexity index is 632. The van der Waals surface area contributed by atoms with Gasteiger partial charge in [-0.25, -0.2) is 0 Å². The van der Waals surface area contributed by atoms with Crippen molar-refractivity contribution in [2.24, 2.45) is 0 Å². The van der Waals surface area contributed by atoms with E-state index in [-0.39, 0.29) is 12.0 Å². The molecule has 4 heteroatoms. The summed E-state index contributed by atoms with van der Waals surface area (Å²) in [4.78, 5) is 14.6. The van der Waals surface area contributed by atoms with Gasteiger partial charge in [0.15, 0.2) is 0 Å². The van der Waals surface area contributed by atoms with Gasteiger partial charge in [0, 0.05) is 36.7 Å². The average Bonchev–Trinajstić information content (AvgIpc) is 2.85. The molecule has 0 aliphatic carbocycles. The summed E-state index contributed by atoms with van der Waals surface area (Å²) in [5, 5.41) is 1.04. The van der Waals surface area contributed by atoms with Crippen LogP contribution in [0.15, 0.2) is 30.5 Å². The second kappa shape index (κ2) is 5.29. The Kier molecular flexibility index (Phi) is 3.49. The normalized spacial score (nSPS) is 19.5. The number of para-hydroxylation sites is 1. The summed E-state index contributed by atoms with van der Waals surface area (Å²) in [6.07, 6.45) is 2.10. The van der Waals surface area contributed by atoms with E-state index >= 15 is 0 Å². The zero-order valence-corrected chi connectivity index (χ0v) is 12.0. The van der Waals surface area contributed by atoms with Crippen LogP contribution in [-0.2, 0) is 11.3 Å². The Morgan fingerprint density at radius 3 is 2.95 bits per heavy atom. The van der Waals surface area contributed by atoms with Crippen molar-refractivity contribution in [1.82, 2.24) is 9.47 Å². The van der Waals surface area contributed by atoms with Gasteiger partial charge in [0.1, 0.15) is 0 Å². The van der Waals surface area contributed by atoms with Gasteiger partial charge in [-0.05, 0) is 19.9 Å². The van der Waals surface area contributed by atoms with Crippen LogP contribution in [0.5, 0.6) is 0 Å². The summed E-state index contributed by atoms with van der Waals surface area (Å²) in [5.41, 5.74) is 1.93. The number of carbonyl (C=O) groups excluding carboxylic acids is 1. The summed E-state index contributed by atoms with van der Waals surface area (Å²) >= 11 is 0. The lowest BCUT2D eigenvalue weighted by Crippen LogP contribution is -2.44. The molecule has 1 saturated heterocycles. The number of amides is 1. The van der Waals surface area contributed by atoms with Crippen molar-refractivity contribution in [2.75, 3.05) is 19.7 Å². The van der Waals surface area contributed by atoms with Crippen LogP contribution in [0.3, 0.4) is 0 Å². The number of fused-ring (bicyclic) bond motifs is 1. The maximum atomic E-state index is 12.7. The van der Waals surface area contributed by atoms with Crippen molar-refractivity contribution < 1.29 is 9.53 Å². The number of ether oxygens (including phenoxy) is 1. The summed E-state index contributed by atoms with van der Waals surface area (Å²) in [7, 11) is 0. The third-order valence-electron chi connectivity index (χ3n) is 3.89. The fraction of sp³-hybridized carbons (Fsp3) is 0.438. The van der Waals surface area contributed by atoms with Crippen molar-refractivity contribution in [3.05, 3.63) is 36.0 Å². The standard InChI is InChI=1S/C16H20N2O2/c1-3-17-11-14(13-6-4-5-7-15(13)17)16(19)18-8-9-20-12(2)10-18/h4-7,11-12H,3,8-10H2,1-2H3. The summed E-state index contributed by atoms with van der Waals surface area (Å²) in [5.74, 6) is 0.114. The molecule has 1 atom stereocenters. The van der Waals surface area contributed by atoms with Crippen molar-refractivity contribution in [1.29, 1.82) is 0 Å². The van der Waals surface area contributed by atoms with Crippen LogP contribution in [0.25, 0.3) is 10.9 Å². The first kappa shape index (κ1) is 13.2. The fourth-order valence-corrected chi connectivity index (χ4v) is 2.85. The topological polar surface area (TPSA) is 34.5 Å². The van der Waals surface area contributed by atoms with Crippen molar-refractivity contribution >= 4 is 16.8 Å². The smallest absolute Gasteiger partial charge is 0.256 e. The lowest BCUT2D eigenvalue weighted by Gasteiger charge is -2.31.